The molecule has 168 valence electrons. The lowest BCUT2D eigenvalue weighted by Gasteiger charge is -2.37. The van der Waals surface area contributed by atoms with Crippen LogP contribution in [0.4, 0.5) is 5.13 Å². The van der Waals surface area contributed by atoms with E-state index in [0.29, 0.717) is 24.4 Å². The zero-order valence-electron chi connectivity index (χ0n) is 18.8. The van der Waals surface area contributed by atoms with Crippen LogP contribution in [0.15, 0.2) is 29.6 Å². The van der Waals surface area contributed by atoms with Gasteiger partial charge in [-0.05, 0) is 62.0 Å². The number of ether oxygens (including phenoxy) is 1. The van der Waals surface area contributed by atoms with Gasteiger partial charge in [0.05, 0.1) is 17.7 Å². The molecule has 1 saturated carbocycles. The molecule has 2 aliphatic rings. The molecule has 1 aliphatic carbocycles. The summed E-state index contributed by atoms with van der Waals surface area (Å²) in [6.45, 7) is 8.55. The topological polar surface area (TPSA) is 62.7 Å². The van der Waals surface area contributed by atoms with Crippen LogP contribution in [-0.4, -0.2) is 35.3 Å². The van der Waals surface area contributed by atoms with Crippen LogP contribution in [0.5, 0.6) is 5.75 Å². The van der Waals surface area contributed by atoms with Crippen molar-refractivity contribution in [2.75, 3.05) is 18.0 Å². The molecule has 31 heavy (non-hydrogen) atoms. The summed E-state index contributed by atoms with van der Waals surface area (Å²) < 4.78 is 6.35. The van der Waals surface area contributed by atoms with Gasteiger partial charge in [-0.3, -0.25) is 4.79 Å². The molecule has 2 fully saturated rings. The summed E-state index contributed by atoms with van der Waals surface area (Å²) in [6, 6.07) is 8.27. The Morgan fingerprint density at radius 2 is 1.84 bits per heavy atom. The fourth-order valence-corrected chi connectivity index (χ4v) is 5.72. The molecule has 1 saturated heterocycles. The number of piperidine rings is 1. The van der Waals surface area contributed by atoms with Crippen molar-refractivity contribution in [3.63, 3.8) is 0 Å². The lowest BCUT2D eigenvalue weighted by Crippen LogP contribution is -2.36. The van der Waals surface area contributed by atoms with Crippen molar-refractivity contribution < 1.29 is 14.6 Å². The Bertz CT molecular complexity index is 888. The Kier molecular flexibility index (Phi) is 6.56. The largest absolute Gasteiger partial charge is 0.490 e. The number of rotatable bonds is 5. The third-order valence-corrected chi connectivity index (χ3v) is 7.84. The van der Waals surface area contributed by atoms with E-state index in [-0.39, 0.29) is 5.92 Å². The fourth-order valence-electron chi connectivity index (χ4n) is 4.83. The Hall–Kier alpha value is -2.08. The third-order valence-electron chi connectivity index (χ3n) is 6.94. The molecule has 4 rings (SSSR count). The molecule has 0 unspecified atom stereocenters. The molecule has 0 bridgehead atoms. The van der Waals surface area contributed by atoms with E-state index in [2.05, 4.69) is 43.2 Å². The number of aliphatic carboxylic acids is 1. The van der Waals surface area contributed by atoms with Crippen LogP contribution in [0.2, 0.25) is 0 Å². The number of anilines is 1. The number of carbonyl (C=O) groups is 1. The summed E-state index contributed by atoms with van der Waals surface area (Å²) in [5, 5.41) is 12.3. The SMILES string of the molecule is CC(C)(C)C1CCC(Oc2cccc(-c3csc(N4CCC(C(=O)O)CC4)n3)c2)CC1. The standard InChI is InChI=1S/C25H34N2O3S/c1-25(2,3)19-7-9-20(10-8-19)30-21-6-4-5-18(15-21)22-16-31-24(26-22)27-13-11-17(12-14-27)23(28)29/h4-6,15-17,19-20H,7-14H2,1-3H3,(H,28,29). The van der Waals surface area contributed by atoms with Gasteiger partial charge in [0, 0.05) is 24.0 Å². The van der Waals surface area contributed by atoms with E-state index < -0.39 is 5.97 Å². The van der Waals surface area contributed by atoms with Gasteiger partial charge in [-0.2, -0.15) is 0 Å². The Balaban J connectivity index is 1.37. The van der Waals surface area contributed by atoms with Gasteiger partial charge >= 0.3 is 5.97 Å². The van der Waals surface area contributed by atoms with Crippen LogP contribution in [0.1, 0.15) is 59.3 Å². The Morgan fingerprint density at radius 3 is 2.48 bits per heavy atom. The van der Waals surface area contributed by atoms with E-state index in [9.17, 15) is 9.90 Å². The summed E-state index contributed by atoms with van der Waals surface area (Å²) in [4.78, 5) is 18.2. The summed E-state index contributed by atoms with van der Waals surface area (Å²) in [6.07, 6.45) is 6.40. The summed E-state index contributed by atoms with van der Waals surface area (Å²) in [5.74, 6) is 0.812. The maximum absolute atomic E-state index is 11.2. The van der Waals surface area contributed by atoms with Crippen LogP contribution < -0.4 is 9.64 Å². The highest BCUT2D eigenvalue weighted by Gasteiger charge is 2.30. The number of hydrogen-bond acceptors (Lipinski definition) is 5. The highest BCUT2D eigenvalue weighted by molar-refractivity contribution is 7.14. The van der Waals surface area contributed by atoms with Gasteiger partial charge in [0.25, 0.3) is 0 Å². The van der Waals surface area contributed by atoms with Crippen LogP contribution in [0, 0.1) is 17.3 Å². The molecule has 1 aliphatic heterocycles. The van der Waals surface area contributed by atoms with E-state index in [1.807, 2.05) is 12.1 Å². The van der Waals surface area contributed by atoms with E-state index >= 15 is 0 Å². The molecular formula is C25H34N2O3S. The van der Waals surface area contributed by atoms with Crippen molar-refractivity contribution in [2.45, 2.75) is 65.4 Å². The second kappa shape index (κ2) is 9.19. The van der Waals surface area contributed by atoms with E-state index in [0.717, 1.165) is 54.0 Å². The van der Waals surface area contributed by atoms with Gasteiger partial charge in [-0.25, -0.2) is 4.98 Å². The van der Waals surface area contributed by atoms with Gasteiger partial charge in [0.2, 0.25) is 0 Å². The first-order valence-electron chi connectivity index (χ1n) is 11.5. The fraction of sp³-hybridized carbons (Fsp3) is 0.600. The first-order valence-corrected chi connectivity index (χ1v) is 12.4. The van der Waals surface area contributed by atoms with E-state index in [1.165, 1.54) is 12.8 Å². The molecule has 1 N–H and O–H groups in total. The molecular weight excluding hydrogens is 408 g/mol. The quantitative estimate of drug-likeness (QED) is 0.607. The highest BCUT2D eigenvalue weighted by Crippen LogP contribution is 2.39. The Morgan fingerprint density at radius 1 is 1.13 bits per heavy atom. The first kappa shape index (κ1) is 22.1. The number of benzene rings is 1. The van der Waals surface area contributed by atoms with E-state index in [1.54, 1.807) is 11.3 Å². The lowest BCUT2D eigenvalue weighted by atomic mass is 9.72. The van der Waals surface area contributed by atoms with Crippen molar-refractivity contribution in [1.82, 2.24) is 4.98 Å². The van der Waals surface area contributed by atoms with Crippen molar-refractivity contribution in [1.29, 1.82) is 0 Å². The van der Waals surface area contributed by atoms with Crippen molar-refractivity contribution >= 4 is 22.4 Å². The normalized spacial score (nSPS) is 23.0. The first-order chi connectivity index (χ1) is 14.8. The molecule has 6 heteroatoms. The van der Waals surface area contributed by atoms with Crippen LogP contribution in [-0.2, 0) is 4.79 Å². The van der Waals surface area contributed by atoms with Gasteiger partial charge in [0.1, 0.15) is 5.75 Å². The predicted molar refractivity (Wildman–Crippen MR) is 126 cm³/mol. The molecule has 0 atom stereocenters. The van der Waals surface area contributed by atoms with Gasteiger partial charge in [0.15, 0.2) is 5.13 Å². The zero-order chi connectivity index (χ0) is 22.0. The summed E-state index contributed by atoms with van der Waals surface area (Å²) in [5.41, 5.74) is 2.42. The number of carboxylic acid groups (broad SMARTS) is 1. The zero-order valence-corrected chi connectivity index (χ0v) is 19.7. The Labute approximate surface area is 189 Å². The smallest absolute Gasteiger partial charge is 0.306 e. The molecule has 0 amide bonds. The average Bonchev–Trinajstić information content (AvgIpc) is 3.24. The van der Waals surface area contributed by atoms with Crippen LogP contribution >= 0.6 is 11.3 Å². The van der Waals surface area contributed by atoms with Crippen molar-refractivity contribution in [3.05, 3.63) is 29.6 Å². The number of thiazole rings is 1. The van der Waals surface area contributed by atoms with Gasteiger partial charge < -0.3 is 14.7 Å². The highest BCUT2D eigenvalue weighted by atomic mass is 32.1. The molecule has 0 radical (unpaired) electrons. The molecule has 5 nitrogen and oxygen atoms in total. The molecule has 1 aromatic heterocycles. The predicted octanol–water partition coefficient (Wildman–Crippen LogP) is 6.09. The van der Waals surface area contributed by atoms with Crippen molar-refractivity contribution in [2.24, 2.45) is 17.3 Å². The minimum atomic E-state index is -0.678. The summed E-state index contributed by atoms with van der Waals surface area (Å²) >= 11 is 1.63. The maximum atomic E-state index is 11.2. The average molecular weight is 443 g/mol. The number of carboxylic acids is 1. The second-order valence-electron chi connectivity index (χ2n) is 10.1. The van der Waals surface area contributed by atoms with E-state index in [4.69, 9.17) is 9.72 Å². The number of aromatic nitrogens is 1. The minimum Gasteiger partial charge on any atom is -0.490 e. The molecule has 2 aromatic rings. The second-order valence-corrected chi connectivity index (χ2v) is 10.9. The monoisotopic (exact) mass is 442 g/mol. The minimum absolute atomic E-state index is 0.219. The lowest BCUT2D eigenvalue weighted by molar-refractivity contribution is -0.142. The van der Waals surface area contributed by atoms with Crippen LogP contribution in [0.25, 0.3) is 11.3 Å². The molecule has 1 aromatic carbocycles. The van der Waals surface area contributed by atoms with Crippen molar-refractivity contribution in [3.8, 4) is 17.0 Å². The molecule has 2 heterocycles. The van der Waals surface area contributed by atoms with Gasteiger partial charge in [-0.1, -0.05) is 32.9 Å². The van der Waals surface area contributed by atoms with Crippen LogP contribution in [0.3, 0.4) is 0 Å². The van der Waals surface area contributed by atoms with Gasteiger partial charge in [-0.15, -0.1) is 11.3 Å². The number of nitrogens with zero attached hydrogens (tertiary/aromatic N) is 2. The summed E-state index contributed by atoms with van der Waals surface area (Å²) in [7, 11) is 0. The molecule has 0 spiro atoms. The number of hydrogen-bond donors (Lipinski definition) is 1. The third kappa shape index (κ3) is 5.40. The maximum Gasteiger partial charge on any atom is 0.306 e.